The van der Waals surface area contributed by atoms with E-state index in [0.29, 0.717) is 11.1 Å². The number of hydrogen-bond donors (Lipinski definition) is 0. The van der Waals surface area contributed by atoms with E-state index in [9.17, 15) is 9.59 Å². The van der Waals surface area contributed by atoms with Gasteiger partial charge < -0.3 is 0 Å². The Kier molecular flexibility index (Phi) is 2.12. The molecule has 0 aliphatic carbocycles. The zero-order valence-corrected chi connectivity index (χ0v) is 9.73. The lowest BCUT2D eigenvalue weighted by Gasteiger charge is -2.01. The van der Waals surface area contributed by atoms with Crippen molar-refractivity contribution in [3.05, 3.63) is 34.0 Å². The van der Waals surface area contributed by atoms with Gasteiger partial charge in [-0.2, -0.15) is 0 Å². The molecule has 0 bridgehead atoms. The maximum Gasteiger partial charge on any atom is 0.152 e. The first-order valence-corrected chi connectivity index (χ1v) is 6.43. The molecule has 0 saturated heterocycles. The van der Waals surface area contributed by atoms with Crippen LogP contribution in [0, 0.1) is 0 Å². The number of thiophene rings is 2. The van der Waals surface area contributed by atoms with Gasteiger partial charge in [-0.05, 0) is 22.9 Å². The van der Waals surface area contributed by atoms with Crippen molar-refractivity contribution in [3.63, 3.8) is 0 Å². The van der Waals surface area contributed by atoms with Crippen molar-refractivity contribution in [3.8, 4) is 0 Å². The molecule has 0 aliphatic heterocycles. The van der Waals surface area contributed by atoms with Crippen LogP contribution < -0.4 is 0 Å². The molecule has 2 nitrogen and oxygen atoms in total. The molecule has 0 fully saturated rings. The van der Waals surface area contributed by atoms with Crippen LogP contribution in [0.4, 0.5) is 0 Å². The second-order valence-corrected chi connectivity index (χ2v) is 5.22. The third-order valence-electron chi connectivity index (χ3n) is 2.64. The molecule has 2 heterocycles. The Hall–Kier alpha value is -1.52. The van der Waals surface area contributed by atoms with Crippen LogP contribution in [0.2, 0.25) is 0 Å². The summed E-state index contributed by atoms with van der Waals surface area (Å²) in [4.78, 5) is 22.3. The second-order valence-electron chi connectivity index (χ2n) is 3.39. The van der Waals surface area contributed by atoms with Crippen molar-refractivity contribution in [1.29, 1.82) is 0 Å². The van der Waals surface area contributed by atoms with Crippen molar-refractivity contribution < 1.29 is 9.59 Å². The molecular formula is C12H6O2S2. The molecule has 1 aromatic carbocycles. The lowest BCUT2D eigenvalue weighted by atomic mass is 10.0. The molecule has 0 amide bonds. The fraction of sp³-hybridized carbons (Fsp3) is 0. The molecule has 0 spiro atoms. The number of benzene rings is 1. The fourth-order valence-electron chi connectivity index (χ4n) is 1.94. The van der Waals surface area contributed by atoms with E-state index in [1.54, 1.807) is 0 Å². The third kappa shape index (κ3) is 1.11. The van der Waals surface area contributed by atoms with E-state index in [1.807, 2.05) is 22.9 Å². The van der Waals surface area contributed by atoms with Crippen molar-refractivity contribution in [2.24, 2.45) is 0 Å². The summed E-state index contributed by atoms with van der Waals surface area (Å²) in [6.45, 7) is 0. The Bertz CT molecular complexity index is 598. The first kappa shape index (κ1) is 9.69. The van der Waals surface area contributed by atoms with E-state index in [0.717, 1.165) is 32.7 Å². The summed E-state index contributed by atoms with van der Waals surface area (Å²) in [5.74, 6) is 0. The molecule has 78 valence electrons. The SMILES string of the molecule is O=Cc1c2ccsc2c(C=O)c2ccsc12. The van der Waals surface area contributed by atoms with Gasteiger partial charge in [0.05, 0.1) is 0 Å². The van der Waals surface area contributed by atoms with Crippen molar-refractivity contribution in [1.82, 2.24) is 0 Å². The summed E-state index contributed by atoms with van der Waals surface area (Å²) in [6, 6.07) is 3.80. The molecule has 3 rings (SSSR count). The molecule has 0 unspecified atom stereocenters. The molecule has 3 aromatic rings. The summed E-state index contributed by atoms with van der Waals surface area (Å²) in [7, 11) is 0. The highest BCUT2D eigenvalue weighted by Crippen LogP contribution is 2.36. The molecule has 0 saturated carbocycles. The number of hydrogen-bond acceptors (Lipinski definition) is 4. The maximum absolute atomic E-state index is 11.2. The summed E-state index contributed by atoms with van der Waals surface area (Å²) in [5, 5.41) is 5.59. The highest BCUT2D eigenvalue weighted by atomic mass is 32.1. The average molecular weight is 246 g/mol. The van der Waals surface area contributed by atoms with Crippen LogP contribution >= 0.6 is 22.7 Å². The van der Waals surface area contributed by atoms with E-state index < -0.39 is 0 Å². The summed E-state index contributed by atoms with van der Waals surface area (Å²) >= 11 is 3.00. The monoisotopic (exact) mass is 246 g/mol. The van der Waals surface area contributed by atoms with E-state index in [1.165, 1.54) is 22.7 Å². The minimum absolute atomic E-state index is 0.701. The Morgan fingerprint density at radius 1 is 0.812 bits per heavy atom. The molecule has 16 heavy (non-hydrogen) atoms. The number of aldehydes is 2. The second kappa shape index (κ2) is 3.50. The Morgan fingerprint density at radius 2 is 1.25 bits per heavy atom. The summed E-state index contributed by atoms with van der Waals surface area (Å²) in [6.07, 6.45) is 1.75. The van der Waals surface area contributed by atoms with Crippen LogP contribution in [0.1, 0.15) is 20.7 Å². The molecule has 0 atom stereocenters. The van der Waals surface area contributed by atoms with Gasteiger partial charge in [-0.3, -0.25) is 9.59 Å². The topological polar surface area (TPSA) is 34.1 Å². The number of carbonyl (C=O) groups is 2. The highest BCUT2D eigenvalue weighted by molar-refractivity contribution is 7.19. The minimum atomic E-state index is 0.701. The number of carbonyl (C=O) groups excluding carboxylic acids is 2. The van der Waals surface area contributed by atoms with Crippen molar-refractivity contribution in [2.75, 3.05) is 0 Å². The minimum Gasteiger partial charge on any atom is -0.298 e. The smallest absolute Gasteiger partial charge is 0.152 e. The Morgan fingerprint density at radius 3 is 1.62 bits per heavy atom. The molecule has 0 aliphatic rings. The van der Waals surface area contributed by atoms with Gasteiger partial charge in [-0.25, -0.2) is 0 Å². The first-order valence-electron chi connectivity index (χ1n) is 4.67. The van der Waals surface area contributed by atoms with Crippen molar-refractivity contribution in [2.45, 2.75) is 0 Å². The quantitative estimate of drug-likeness (QED) is 0.645. The van der Waals surface area contributed by atoms with Gasteiger partial charge in [0, 0.05) is 31.3 Å². The Balaban J connectivity index is 2.69. The van der Waals surface area contributed by atoms with Crippen LogP contribution in [-0.2, 0) is 0 Å². The third-order valence-corrected chi connectivity index (χ3v) is 4.53. The first-order chi connectivity index (χ1) is 7.86. The Labute approximate surface area is 99.1 Å². The summed E-state index contributed by atoms with van der Waals surface area (Å²) in [5.41, 5.74) is 1.40. The normalized spacial score (nSPS) is 11.0. The van der Waals surface area contributed by atoms with Gasteiger partial charge in [0.15, 0.2) is 12.6 Å². The predicted molar refractivity (Wildman–Crippen MR) is 68.0 cm³/mol. The van der Waals surface area contributed by atoms with E-state index >= 15 is 0 Å². The predicted octanol–water partition coefficient (Wildman–Crippen LogP) is 3.74. The fourth-order valence-corrected chi connectivity index (χ4v) is 3.80. The lowest BCUT2D eigenvalue weighted by Crippen LogP contribution is -1.87. The van der Waals surface area contributed by atoms with Crippen LogP contribution in [0.3, 0.4) is 0 Å². The van der Waals surface area contributed by atoms with Crippen LogP contribution in [0.5, 0.6) is 0 Å². The van der Waals surface area contributed by atoms with E-state index in [-0.39, 0.29) is 0 Å². The number of rotatable bonds is 2. The lowest BCUT2D eigenvalue weighted by molar-refractivity contribution is 0.111. The van der Waals surface area contributed by atoms with E-state index in [4.69, 9.17) is 0 Å². The van der Waals surface area contributed by atoms with Gasteiger partial charge in [0.25, 0.3) is 0 Å². The largest absolute Gasteiger partial charge is 0.298 e. The van der Waals surface area contributed by atoms with Crippen LogP contribution in [-0.4, -0.2) is 12.6 Å². The summed E-state index contributed by atoms with van der Waals surface area (Å²) < 4.78 is 1.81. The molecule has 0 N–H and O–H groups in total. The van der Waals surface area contributed by atoms with Gasteiger partial charge >= 0.3 is 0 Å². The van der Waals surface area contributed by atoms with E-state index in [2.05, 4.69) is 0 Å². The van der Waals surface area contributed by atoms with Crippen LogP contribution in [0.15, 0.2) is 22.9 Å². The zero-order chi connectivity index (χ0) is 11.1. The maximum atomic E-state index is 11.2. The van der Waals surface area contributed by atoms with Gasteiger partial charge in [-0.1, -0.05) is 0 Å². The molecule has 4 heteroatoms. The highest BCUT2D eigenvalue weighted by Gasteiger charge is 2.14. The average Bonchev–Trinajstić information content (AvgIpc) is 2.93. The standard InChI is InChI=1S/C12H6O2S2/c13-5-9-7-1-3-15-11(7)10(6-14)8-2-4-16-12(8)9/h1-6H. The van der Waals surface area contributed by atoms with Crippen LogP contribution in [0.25, 0.3) is 20.2 Å². The van der Waals surface area contributed by atoms with Crippen molar-refractivity contribution >= 4 is 55.4 Å². The molecular weight excluding hydrogens is 240 g/mol. The zero-order valence-electron chi connectivity index (χ0n) is 8.10. The molecule has 0 radical (unpaired) electrons. The van der Waals surface area contributed by atoms with Gasteiger partial charge in [0.1, 0.15) is 0 Å². The van der Waals surface area contributed by atoms with Gasteiger partial charge in [-0.15, -0.1) is 22.7 Å². The number of fused-ring (bicyclic) bond motifs is 2. The molecule has 2 aromatic heterocycles. The van der Waals surface area contributed by atoms with Gasteiger partial charge in [0.2, 0.25) is 0 Å².